The van der Waals surface area contributed by atoms with E-state index in [4.69, 9.17) is 14.2 Å². The van der Waals surface area contributed by atoms with Gasteiger partial charge in [0.25, 0.3) is 0 Å². The Balaban J connectivity index is 1.90. The average Bonchev–Trinajstić information content (AvgIpc) is 3.31. The number of carbonyl (C=O) groups is 2. The molecule has 6 N–H and O–H groups in total. The molecule has 11 nitrogen and oxygen atoms in total. The van der Waals surface area contributed by atoms with Crippen LogP contribution in [0.3, 0.4) is 0 Å². The van der Waals surface area contributed by atoms with Gasteiger partial charge in [-0.05, 0) is 83.5 Å². The smallest absolute Gasteiger partial charge is 0.305 e. The highest BCUT2D eigenvalue weighted by Crippen LogP contribution is 2.23. The van der Waals surface area contributed by atoms with Crippen LogP contribution in [-0.2, 0) is 23.8 Å². The van der Waals surface area contributed by atoms with Gasteiger partial charge in [-0.15, -0.1) is 0 Å². The number of esters is 1. The monoisotopic (exact) mass is 1200 g/mol. The standard InChI is InChI=1S/C74H137NO10/c1-3-5-7-9-11-13-41-46-50-54-58-62-70(79)83-63-59-55-51-47-43-40-38-36-34-32-30-28-26-24-22-20-18-16-14-15-17-19-21-23-25-27-29-31-33-35-37-39-42-45-49-53-57-61-69(78)75-66(67(77)60-56-52-48-44-12-10-8-6-4-2)65-84-74-73(82)72(81)71(80)68(64-76)85-74/h9,11,14,16,20,22,56,60,66-68,71-74,76-77,80-82H,3-8,10,12-13,15,17-19,21,23-55,57-59,61-65H2,1-2H3,(H,75,78)/b11-9-,16-14-,22-20-,60-56+. The molecule has 0 saturated carbocycles. The number of allylic oxidation sites excluding steroid dienone is 7. The molecule has 0 aliphatic carbocycles. The molecule has 11 heteroatoms. The largest absolute Gasteiger partial charge is 0.466 e. The van der Waals surface area contributed by atoms with Crippen LogP contribution in [0.2, 0.25) is 0 Å². The van der Waals surface area contributed by atoms with Gasteiger partial charge in [0.1, 0.15) is 24.4 Å². The quantitative estimate of drug-likeness (QED) is 0.0195. The van der Waals surface area contributed by atoms with E-state index in [-0.39, 0.29) is 18.5 Å². The Hall–Kier alpha value is -2.38. The molecule has 1 aliphatic rings. The molecule has 1 saturated heterocycles. The number of ether oxygens (including phenoxy) is 3. The summed E-state index contributed by atoms with van der Waals surface area (Å²) < 4.78 is 16.7. The second-order valence-electron chi connectivity index (χ2n) is 25.3. The third-order valence-corrected chi connectivity index (χ3v) is 17.2. The molecule has 1 amide bonds. The summed E-state index contributed by atoms with van der Waals surface area (Å²) in [6.07, 6.45) is 72.8. The summed E-state index contributed by atoms with van der Waals surface area (Å²) in [5, 5.41) is 54.3. The van der Waals surface area contributed by atoms with Crippen LogP contribution in [0.1, 0.15) is 348 Å². The minimum atomic E-state index is -1.57. The Morgan fingerprint density at radius 3 is 1.24 bits per heavy atom. The van der Waals surface area contributed by atoms with E-state index >= 15 is 0 Å². The molecule has 1 fully saturated rings. The van der Waals surface area contributed by atoms with Gasteiger partial charge < -0.3 is 45.1 Å². The van der Waals surface area contributed by atoms with Gasteiger partial charge in [0.15, 0.2) is 6.29 Å². The molecule has 1 aliphatic heterocycles. The number of carbonyl (C=O) groups excluding carboxylic acids is 2. The normalized spacial score (nSPS) is 18.2. The van der Waals surface area contributed by atoms with Gasteiger partial charge in [0.05, 0.1) is 32.0 Å². The van der Waals surface area contributed by atoms with Crippen LogP contribution in [0.25, 0.3) is 0 Å². The number of rotatable bonds is 64. The molecule has 1 rings (SSSR count). The van der Waals surface area contributed by atoms with Crippen LogP contribution < -0.4 is 5.32 Å². The first kappa shape index (κ1) is 80.6. The molecule has 7 atom stereocenters. The van der Waals surface area contributed by atoms with Crippen LogP contribution >= 0.6 is 0 Å². The van der Waals surface area contributed by atoms with Crippen molar-refractivity contribution in [2.75, 3.05) is 19.8 Å². The van der Waals surface area contributed by atoms with Gasteiger partial charge in [-0.25, -0.2) is 0 Å². The van der Waals surface area contributed by atoms with E-state index in [1.807, 2.05) is 6.08 Å². The second kappa shape index (κ2) is 63.2. The second-order valence-corrected chi connectivity index (χ2v) is 25.3. The predicted octanol–water partition coefficient (Wildman–Crippen LogP) is 18.7. The average molecular weight is 1200 g/mol. The van der Waals surface area contributed by atoms with E-state index in [1.165, 1.54) is 257 Å². The topological polar surface area (TPSA) is 175 Å². The summed E-state index contributed by atoms with van der Waals surface area (Å²) in [7, 11) is 0. The maximum atomic E-state index is 13.0. The Morgan fingerprint density at radius 1 is 0.435 bits per heavy atom. The fourth-order valence-corrected chi connectivity index (χ4v) is 11.4. The van der Waals surface area contributed by atoms with Crippen molar-refractivity contribution in [3.05, 3.63) is 48.6 Å². The van der Waals surface area contributed by atoms with E-state index in [9.17, 15) is 35.1 Å². The van der Waals surface area contributed by atoms with Crippen LogP contribution in [-0.4, -0.2) is 100 Å². The summed E-state index contributed by atoms with van der Waals surface area (Å²) in [6.45, 7) is 4.30. The number of hydrogen-bond acceptors (Lipinski definition) is 10. The molecule has 0 bridgehead atoms. The third kappa shape index (κ3) is 52.1. The van der Waals surface area contributed by atoms with E-state index < -0.39 is 49.5 Å². The zero-order chi connectivity index (χ0) is 61.6. The molecular formula is C74H137NO10. The molecule has 498 valence electrons. The third-order valence-electron chi connectivity index (χ3n) is 17.2. The van der Waals surface area contributed by atoms with Crippen molar-refractivity contribution in [1.29, 1.82) is 0 Å². The van der Waals surface area contributed by atoms with Crippen molar-refractivity contribution in [3.63, 3.8) is 0 Å². The molecular weight excluding hydrogens is 1060 g/mol. The first-order valence-electron chi connectivity index (χ1n) is 36.4. The Bertz CT molecular complexity index is 1550. The highest BCUT2D eigenvalue weighted by molar-refractivity contribution is 5.76. The summed E-state index contributed by atoms with van der Waals surface area (Å²) in [4.78, 5) is 25.0. The summed E-state index contributed by atoms with van der Waals surface area (Å²) in [5.74, 6) is -0.179. The molecule has 0 radical (unpaired) electrons. The van der Waals surface area contributed by atoms with E-state index in [1.54, 1.807) is 6.08 Å². The highest BCUT2D eigenvalue weighted by atomic mass is 16.7. The molecule has 0 aromatic carbocycles. The van der Waals surface area contributed by atoms with Crippen LogP contribution in [0.4, 0.5) is 0 Å². The first-order chi connectivity index (χ1) is 41.7. The minimum Gasteiger partial charge on any atom is -0.466 e. The van der Waals surface area contributed by atoms with Gasteiger partial charge in [-0.1, -0.05) is 300 Å². The number of aliphatic hydroxyl groups is 5. The summed E-state index contributed by atoms with van der Waals surface area (Å²) in [6, 6.07) is -0.807. The predicted molar refractivity (Wildman–Crippen MR) is 357 cm³/mol. The van der Waals surface area contributed by atoms with Crippen LogP contribution in [0.5, 0.6) is 0 Å². The fraction of sp³-hybridized carbons (Fsp3) is 0.865. The van der Waals surface area contributed by atoms with Crippen molar-refractivity contribution in [1.82, 2.24) is 5.32 Å². The molecule has 0 spiro atoms. The number of hydrogen-bond donors (Lipinski definition) is 6. The fourth-order valence-electron chi connectivity index (χ4n) is 11.4. The summed E-state index contributed by atoms with van der Waals surface area (Å²) in [5.41, 5.74) is 0. The number of amides is 1. The van der Waals surface area contributed by atoms with Crippen LogP contribution in [0.15, 0.2) is 48.6 Å². The Morgan fingerprint density at radius 2 is 0.800 bits per heavy atom. The Labute approximate surface area is 523 Å². The lowest BCUT2D eigenvalue weighted by molar-refractivity contribution is -0.302. The van der Waals surface area contributed by atoms with E-state index in [0.29, 0.717) is 19.4 Å². The summed E-state index contributed by atoms with van der Waals surface area (Å²) >= 11 is 0. The van der Waals surface area contributed by atoms with Gasteiger partial charge in [-0.2, -0.15) is 0 Å². The molecule has 0 aromatic rings. The van der Waals surface area contributed by atoms with Gasteiger partial charge >= 0.3 is 5.97 Å². The molecule has 85 heavy (non-hydrogen) atoms. The molecule has 0 aromatic heterocycles. The first-order valence-corrected chi connectivity index (χ1v) is 36.4. The highest BCUT2D eigenvalue weighted by Gasteiger charge is 2.44. The number of unbranched alkanes of at least 4 members (excludes halogenated alkanes) is 44. The van der Waals surface area contributed by atoms with Crippen molar-refractivity contribution in [2.45, 2.75) is 391 Å². The maximum absolute atomic E-state index is 13.0. The number of aliphatic hydroxyl groups excluding tert-OH is 5. The lowest BCUT2D eigenvalue weighted by Gasteiger charge is -2.40. The lowest BCUT2D eigenvalue weighted by atomic mass is 9.99. The maximum Gasteiger partial charge on any atom is 0.305 e. The van der Waals surface area contributed by atoms with E-state index in [0.717, 1.165) is 64.2 Å². The number of nitrogens with one attached hydrogen (secondary N) is 1. The molecule has 1 heterocycles. The van der Waals surface area contributed by atoms with Crippen molar-refractivity contribution < 1.29 is 49.3 Å². The Kier molecular flexibility index (Phi) is 60.0. The zero-order valence-corrected chi connectivity index (χ0v) is 55.3. The van der Waals surface area contributed by atoms with Gasteiger partial charge in [-0.3, -0.25) is 9.59 Å². The van der Waals surface area contributed by atoms with E-state index in [2.05, 4.69) is 55.6 Å². The SMILES string of the molecule is CCCC/C=C\CCCCCCCC(=O)OCCCCCCCCCCCCCCC/C=C\C/C=C\CCCCCCCCCCCCCCCCCCCC(=O)NC(COC1OC(CO)C(O)C(O)C1O)C(O)/C=C/CCCCCCCCC. The zero-order valence-electron chi connectivity index (χ0n) is 55.3. The molecule has 7 unspecified atom stereocenters. The van der Waals surface area contributed by atoms with Gasteiger partial charge in [0, 0.05) is 12.8 Å². The minimum absolute atomic E-state index is 0.00135. The van der Waals surface area contributed by atoms with Crippen LogP contribution in [0, 0.1) is 0 Å². The van der Waals surface area contributed by atoms with Crippen molar-refractivity contribution in [2.24, 2.45) is 0 Å². The van der Waals surface area contributed by atoms with Crippen molar-refractivity contribution >= 4 is 11.9 Å². The van der Waals surface area contributed by atoms with Crippen molar-refractivity contribution in [3.8, 4) is 0 Å². The van der Waals surface area contributed by atoms with Gasteiger partial charge in [0.2, 0.25) is 5.91 Å². The lowest BCUT2D eigenvalue weighted by Crippen LogP contribution is -2.60.